The first-order chi connectivity index (χ1) is 9.74. The molecule has 0 radical (unpaired) electrons. The van der Waals surface area contributed by atoms with Crippen molar-refractivity contribution in [1.29, 1.82) is 0 Å². The van der Waals surface area contributed by atoms with Gasteiger partial charge in [-0.3, -0.25) is 0 Å². The number of nitrogens with zero attached hydrogens (tertiary/aromatic N) is 2. The molecular formula is C14H18ClN3O3. The third-order valence-electron chi connectivity index (χ3n) is 3.25. The van der Waals surface area contributed by atoms with E-state index >= 15 is 0 Å². The zero-order valence-corrected chi connectivity index (χ0v) is 13.2. The van der Waals surface area contributed by atoms with E-state index in [0.29, 0.717) is 12.1 Å². The minimum absolute atomic E-state index is 0.0121. The van der Waals surface area contributed by atoms with Gasteiger partial charge in [0, 0.05) is 11.8 Å². The summed E-state index contributed by atoms with van der Waals surface area (Å²) in [6.45, 7) is 6.17. The van der Waals surface area contributed by atoms with Crippen LogP contribution < -0.4 is 5.73 Å². The van der Waals surface area contributed by atoms with Gasteiger partial charge >= 0.3 is 5.97 Å². The summed E-state index contributed by atoms with van der Waals surface area (Å²) >= 11 is 5.99. The molecule has 0 amide bonds. The van der Waals surface area contributed by atoms with Gasteiger partial charge in [0.1, 0.15) is 0 Å². The molecule has 0 saturated heterocycles. The van der Waals surface area contributed by atoms with Crippen LogP contribution in [0.15, 0.2) is 11.2 Å². The van der Waals surface area contributed by atoms with Gasteiger partial charge in [-0.2, -0.15) is 0 Å². The van der Waals surface area contributed by atoms with Crippen molar-refractivity contribution in [2.24, 2.45) is 10.6 Å². The number of ether oxygens (including phenoxy) is 1. The highest BCUT2D eigenvalue weighted by Gasteiger charge is 2.32. The van der Waals surface area contributed by atoms with Crippen molar-refractivity contribution >= 4 is 29.0 Å². The van der Waals surface area contributed by atoms with E-state index in [1.165, 1.54) is 7.11 Å². The lowest BCUT2D eigenvalue weighted by Gasteiger charge is -2.17. The Balaban J connectivity index is 2.31. The maximum atomic E-state index is 11.7. The number of pyridine rings is 1. The predicted molar refractivity (Wildman–Crippen MR) is 80.3 cm³/mol. The molecule has 0 aliphatic carbocycles. The molecule has 2 heterocycles. The van der Waals surface area contributed by atoms with Crippen LogP contribution in [0.25, 0.3) is 0 Å². The Morgan fingerprint density at radius 1 is 1.52 bits per heavy atom. The van der Waals surface area contributed by atoms with Crippen LogP contribution in [-0.2, 0) is 9.57 Å². The predicted octanol–water partition coefficient (Wildman–Crippen LogP) is 2.97. The van der Waals surface area contributed by atoms with E-state index < -0.39 is 5.97 Å². The number of rotatable bonds is 2. The maximum absolute atomic E-state index is 11.7. The highest BCUT2D eigenvalue weighted by atomic mass is 35.5. The van der Waals surface area contributed by atoms with E-state index in [0.717, 1.165) is 5.71 Å². The van der Waals surface area contributed by atoms with Crippen molar-refractivity contribution in [3.8, 4) is 0 Å². The molecule has 1 aliphatic rings. The normalized spacial score (nSPS) is 18.1. The van der Waals surface area contributed by atoms with Crippen LogP contribution >= 0.6 is 11.6 Å². The summed E-state index contributed by atoms with van der Waals surface area (Å²) in [5.41, 5.74) is 7.44. The van der Waals surface area contributed by atoms with Crippen LogP contribution in [0.4, 0.5) is 5.69 Å². The third-order valence-corrected chi connectivity index (χ3v) is 3.65. The zero-order valence-electron chi connectivity index (χ0n) is 12.4. The van der Waals surface area contributed by atoms with Crippen LogP contribution in [-0.4, -0.2) is 23.8 Å². The molecule has 21 heavy (non-hydrogen) atoms. The highest BCUT2D eigenvalue weighted by Crippen LogP contribution is 2.35. The van der Waals surface area contributed by atoms with Crippen molar-refractivity contribution in [2.45, 2.75) is 33.3 Å². The van der Waals surface area contributed by atoms with Gasteiger partial charge < -0.3 is 15.3 Å². The Hall–Kier alpha value is -1.82. The highest BCUT2D eigenvalue weighted by molar-refractivity contribution is 6.35. The van der Waals surface area contributed by atoms with Crippen LogP contribution in [0.3, 0.4) is 0 Å². The fraction of sp³-hybridized carbons (Fsp3) is 0.500. The fourth-order valence-corrected chi connectivity index (χ4v) is 2.12. The second kappa shape index (κ2) is 5.52. The number of halogens is 1. The first-order valence-electron chi connectivity index (χ1n) is 6.51. The Morgan fingerprint density at radius 2 is 2.19 bits per heavy atom. The van der Waals surface area contributed by atoms with Gasteiger partial charge in [0.05, 0.1) is 29.2 Å². The number of hydrogen-bond acceptors (Lipinski definition) is 6. The smallest absolute Gasteiger partial charge is 0.358 e. The Labute approximate surface area is 128 Å². The van der Waals surface area contributed by atoms with Gasteiger partial charge in [-0.05, 0) is 6.07 Å². The largest absolute Gasteiger partial charge is 0.464 e. The third kappa shape index (κ3) is 3.10. The number of hydrogen-bond donors (Lipinski definition) is 1. The van der Waals surface area contributed by atoms with E-state index in [1.807, 2.05) is 0 Å². The van der Waals surface area contributed by atoms with Crippen LogP contribution in [0.2, 0.25) is 5.02 Å². The molecule has 6 nitrogen and oxygen atoms in total. The zero-order chi connectivity index (χ0) is 15.8. The lowest BCUT2D eigenvalue weighted by molar-refractivity contribution is 0.0589. The fourth-order valence-electron chi connectivity index (χ4n) is 1.95. The van der Waals surface area contributed by atoms with Gasteiger partial charge in [0.15, 0.2) is 11.8 Å². The summed E-state index contributed by atoms with van der Waals surface area (Å²) < 4.78 is 4.65. The minimum Gasteiger partial charge on any atom is -0.464 e. The molecule has 0 fully saturated rings. The number of anilines is 1. The van der Waals surface area contributed by atoms with Gasteiger partial charge in [-0.25, -0.2) is 9.78 Å². The monoisotopic (exact) mass is 311 g/mol. The van der Waals surface area contributed by atoms with E-state index in [2.05, 4.69) is 35.6 Å². The van der Waals surface area contributed by atoms with Crippen LogP contribution in [0.1, 0.15) is 49.5 Å². The molecule has 0 aromatic carbocycles. The quantitative estimate of drug-likeness (QED) is 0.848. The van der Waals surface area contributed by atoms with Crippen molar-refractivity contribution in [3.63, 3.8) is 0 Å². The summed E-state index contributed by atoms with van der Waals surface area (Å²) in [4.78, 5) is 21.3. The second-order valence-electron chi connectivity index (χ2n) is 5.88. The number of aromatic nitrogens is 1. The van der Waals surface area contributed by atoms with Crippen LogP contribution in [0, 0.1) is 5.41 Å². The molecule has 1 aromatic rings. The standard InChI is InChI=1S/C14H18ClN3O3/c1-14(2,3)10-6-9(21-18-10)8-5-7(16)11(15)12(17-8)13(19)20-4/h5,9H,6H2,1-4H3,(H2,16,17). The molecule has 1 unspecified atom stereocenters. The molecule has 0 bridgehead atoms. The molecule has 1 aromatic heterocycles. The number of esters is 1. The minimum atomic E-state index is -0.636. The molecular weight excluding hydrogens is 294 g/mol. The average molecular weight is 312 g/mol. The topological polar surface area (TPSA) is 86.8 Å². The Bertz CT molecular complexity index is 608. The SMILES string of the molecule is COC(=O)c1nc(C2CC(C(C)(C)C)=NO2)cc(N)c1Cl. The molecule has 0 spiro atoms. The number of nitrogen functional groups attached to an aromatic ring is 1. The molecule has 1 atom stereocenters. The van der Waals surface area contributed by atoms with E-state index in [-0.39, 0.29) is 27.9 Å². The van der Waals surface area contributed by atoms with Crippen molar-refractivity contribution < 1.29 is 14.4 Å². The molecule has 114 valence electrons. The Morgan fingerprint density at radius 3 is 2.71 bits per heavy atom. The van der Waals surface area contributed by atoms with Gasteiger partial charge in [-0.1, -0.05) is 37.5 Å². The average Bonchev–Trinajstić information content (AvgIpc) is 2.90. The molecule has 1 aliphatic heterocycles. The first kappa shape index (κ1) is 15.6. The van der Waals surface area contributed by atoms with Crippen molar-refractivity contribution in [2.75, 3.05) is 12.8 Å². The summed E-state index contributed by atoms with van der Waals surface area (Å²) in [7, 11) is 1.26. The molecule has 2 N–H and O–H groups in total. The lowest BCUT2D eigenvalue weighted by atomic mass is 9.87. The van der Waals surface area contributed by atoms with Gasteiger partial charge in [-0.15, -0.1) is 0 Å². The summed E-state index contributed by atoms with van der Waals surface area (Å²) in [6.07, 6.45) is 0.222. The van der Waals surface area contributed by atoms with E-state index in [4.69, 9.17) is 22.2 Å². The number of carbonyl (C=O) groups excluding carboxylic acids is 1. The van der Waals surface area contributed by atoms with Gasteiger partial charge in [0.25, 0.3) is 0 Å². The Kier molecular flexibility index (Phi) is 4.09. The number of oxime groups is 1. The first-order valence-corrected chi connectivity index (χ1v) is 6.89. The number of carbonyl (C=O) groups is 1. The van der Waals surface area contributed by atoms with Crippen molar-refractivity contribution in [3.05, 3.63) is 22.5 Å². The summed E-state index contributed by atoms with van der Waals surface area (Å²) in [6, 6.07) is 1.60. The molecule has 2 rings (SSSR count). The van der Waals surface area contributed by atoms with E-state index in [9.17, 15) is 4.79 Å². The summed E-state index contributed by atoms with van der Waals surface area (Å²) in [5.74, 6) is -0.636. The molecule has 7 heteroatoms. The number of nitrogens with two attached hydrogens (primary N) is 1. The van der Waals surface area contributed by atoms with Crippen molar-refractivity contribution in [1.82, 2.24) is 4.98 Å². The second-order valence-corrected chi connectivity index (χ2v) is 6.25. The van der Waals surface area contributed by atoms with E-state index in [1.54, 1.807) is 6.07 Å². The van der Waals surface area contributed by atoms with Gasteiger partial charge in [0.2, 0.25) is 0 Å². The lowest BCUT2D eigenvalue weighted by Crippen LogP contribution is -2.19. The maximum Gasteiger partial charge on any atom is 0.358 e. The number of methoxy groups -OCH3 is 1. The summed E-state index contributed by atoms with van der Waals surface area (Å²) in [5, 5.41) is 4.18. The van der Waals surface area contributed by atoms with Crippen LogP contribution in [0.5, 0.6) is 0 Å². The molecule has 0 saturated carbocycles.